The minimum absolute atomic E-state index is 0. The first-order chi connectivity index (χ1) is 11.9. The van der Waals surface area contributed by atoms with Gasteiger partial charge in [0.2, 0.25) is 0 Å². The van der Waals surface area contributed by atoms with Gasteiger partial charge in [0.05, 0.1) is 13.2 Å². The highest BCUT2D eigenvalue weighted by molar-refractivity contribution is 14.0. The van der Waals surface area contributed by atoms with Crippen LogP contribution in [0.5, 0.6) is 0 Å². The minimum atomic E-state index is 0. The Kier molecular flexibility index (Phi) is 8.98. The molecule has 1 fully saturated rings. The lowest BCUT2D eigenvalue weighted by atomic mass is 9.78. The molecular formula is C19H31IN4O. The summed E-state index contributed by atoms with van der Waals surface area (Å²) in [4.78, 5) is 7.25. The molecule has 6 heteroatoms. The number of ether oxygens (including phenoxy) is 1. The summed E-state index contributed by atoms with van der Waals surface area (Å²) in [6.07, 6.45) is 2.30. The molecule has 5 nitrogen and oxygen atoms in total. The third kappa shape index (κ3) is 6.11. The lowest BCUT2D eigenvalue weighted by Gasteiger charge is -2.29. The van der Waals surface area contributed by atoms with Crippen molar-refractivity contribution in [1.82, 2.24) is 15.5 Å². The molecule has 0 saturated carbocycles. The number of halogens is 1. The lowest BCUT2D eigenvalue weighted by molar-refractivity contribution is 0.0376. The van der Waals surface area contributed by atoms with E-state index in [1.807, 2.05) is 0 Å². The molecule has 0 bridgehead atoms. The molecule has 0 spiro atoms. The first-order valence-corrected chi connectivity index (χ1v) is 9.27. The molecule has 1 saturated heterocycles. The van der Waals surface area contributed by atoms with Crippen LogP contribution in [-0.4, -0.2) is 63.3 Å². The molecule has 140 valence electrons. The number of benzene rings is 1. The Hall–Kier alpha value is -0.860. The first-order valence-electron chi connectivity index (χ1n) is 9.27. The Morgan fingerprint density at radius 2 is 2.04 bits per heavy atom. The van der Waals surface area contributed by atoms with Gasteiger partial charge in [0.25, 0.3) is 0 Å². The van der Waals surface area contributed by atoms with E-state index in [4.69, 9.17) is 9.73 Å². The van der Waals surface area contributed by atoms with Crippen molar-refractivity contribution >= 4 is 29.9 Å². The maximum Gasteiger partial charge on any atom is 0.191 e. The molecule has 0 aromatic heterocycles. The summed E-state index contributed by atoms with van der Waals surface area (Å²) in [6, 6.07) is 8.72. The van der Waals surface area contributed by atoms with Gasteiger partial charge in [-0.2, -0.15) is 0 Å². The van der Waals surface area contributed by atoms with E-state index < -0.39 is 0 Å². The van der Waals surface area contributed by atoms with Crippen LogP contribution in [0.4, 0.5) is 0 Å². The summed E-state index contributed by atoms with van der Waals surface area (Å²) >= 11 is 0. The largest absolute Gasteiger partial charge is 0.379 e. The predicted molar refractivity (Wildman–Crippen MR) is 114 cm³/mol. The monoisotopic (exact) mass is 458 g/mol. The fraction of sp³-hybridized carbons (Fsp3) is 0.632. The Balaban J connectivity index is 0.00000225. The van der Waals surface area contributed by atoms with E-state index in [9.17, 15) is 0 Å². The zero-order valence-electron chi connectivity index (χ0n) is 15.2. The number of aliphatic imine (C=N–C) groups is 1. The molecule has 1 unspecified atom stereocenters. The maximum absolute atomic E-state index is 5.39. The molecule has 1 aliphatic heterocycles. The van der Waals surface area contributed by atoms with Crippen LogP contribution in [0.25, 0.3) is 0 Å². The predicted octanol–water partition coefficient (Wildman–Crippen LogP) is 2.22. The summed E-state index contributed by atoms with van der Waals surface area (Å²) in [7, 11) is 0. The van der Waals surface area contributed by atoms with Gasteiger partial charge < -0.3 is 15.4 Å². The number of nitrogens with zero attached hydrogens (tertiary/aromatic N) is 2. The van der Waals surface area contributed by atoms with E-state index in [1.165, 1.54) is 11.1 Å². The van der Waals surface area contributed by atoms with Crippen LogP contribution in [0.2, 0.25) is 0 Å². The van der Waals surface area contributed by atoms with Gasteiger partial charge in [-0.3, -0.25) is 9.89 Å². The molecule has 1 aliphatic carbocycles. The van der Waals surface area contributed by atoms with Crippen LogP contribution >= 0.6 is 24.0 Å². The van der Waals surface area contributed by atoms with E-state index in [0.29, 0.717) is 5.92 Å². The first kappa shape index (κ1) is 20.5. The van der Waals surface area contributed by atoms with Crippen molar-refractivity contribution in [1.29, 1.82) is 0 Å². The van der Waals surface area contributed by atoms with E-state index in [0.717, 1.165) is 71.3 Å². The van der Waals surface area contributed by atoms with Gasteiger partial charge in [0, 0.05) is 38.6 Å². The maximum atomic E-state index is 5.39. The molecule has 2 N–H and O–H groups in total. The van der Waals surface area contributed by atoms with Crippen molar-refractivity contribution in [2.45, 2.75) is 25.7 Å². The van der Waals surface area contributed by atoms with E-state index in [-0.39, 0.29) is 24.0 Å². The zero-order chi connectivity index (χ0) is 16.6. The van der Waals surface area contributed by atoms with Gasteiger partial charge in [0.15, 0.2) is 5.96 Å². The van der Waals surface area contributed by atoms with Crippen molar-refractivity contribution in [3.63, 3.8) is 0 Å². The molecule has 1 aromatic rings. The highest BCUT2D eigenvalue weighted by Gasteiger charge is 2.24. The van der Waals surface area contributed by atoms with Gasteiger partial charge in [-0.05, 0) is 37.4 Å². The van der Waals surface area contributed by atoms with Gasteiger partial charge in [-0.25, -0.2) is 0 Å². The van der Waals surface area contributed by atoms with E-state index in [2.05, 4.69) is 46.7 Å². The Bertz CT molecular complexity index is 546. The van der Waals surface area contributed by atoms with E-state index in [1.54, 1.807) is 0 Å². The van der Waals surface area contributed by atoms with Crippen LogP contribution in [0.1, 0.15) is 30.4 Å². The van der Waals surface area contributed by atoms with Crippen molar-refractivity contribution in [3.8, 4) is 0 Å². The second kappa shape index (κ2) is 11.0. The number of nitrogens with one attached hydrogen (secondary N) is 2. The van der Waals surface area contributed by atoms with Gasteiger partial charge in [0.1, 0.15) is 0 Å². The molecule has 3 rings (SSSR count). The summed E-state index contributed by atoms with van der Waals surface area (Å²) in [6.45, 7) is 9.86. The molecule has 2 aliphatic rings. The molecule has 1 atom stereocenters. The Labute approximate surface area is 168 Å². The molecule has 25 heavy (non-hydrogen) atoms. The van der Waals surface area contributed by atoms with Crippen LogP contribution < -0.4 is 10.6 Å². The highest BCUT2D eigenvalue weighted by atomic mass is 127. The smallest absolute Gasteiger partial charge is 0.191 e. The molecule has 1 aromatic carbocycles. The normalized spacial score (nSPS) is 20.2. The fourth-order valence-electron chi connectivity index (χ4n) is 3.40. The second-order valence-electron chi connectivity index (χ2n) is 6.55. The third-order valence-electron chi connectivity index (χ3n) is 4.82. The van der Waals surface area contributed by atoms with Crippen molar-refractivity contribution in [2.75, 3.05) is 52.5 Å². The fourth-order valence-corrected chi connectivity index (χ4v) is 3.40. The zero-order valence-corrected chi connectivity index (χ0v) is 17.5. The number of fused-ring (bicyclic) bond motifs is 1. The van der Waals surface area contributed by atoms with Gasteiger partial charge >= 0.3 is 0 Å². The molecule has 0 radical (unpaired) electrons. The van der Waals surface area contributed by atoms with Crippen molar-refractivity contribution < 1.29 is 4.74 Å². The summed E-state index contributed by atoms with van der Waals surface area (Å²) < 4.78 is 5.39. The number of hydrogen-bond donors (Lipinski definition) is 2. The Morgan fingerprint density at radius 3 is 2.80 bits per heavy atom. The number of guanidine groups is 1. The van der Waals surface area contributed by atoms with E-state index >= 15 is 0 Å². The number of hydrogen-bond acceptors (Lipinski definition) is 3. The minimum Gasteiger partial charge on any atom is -0.379 e. The van der Waals surface area contributed by atoms with Gasteiger partial charge in [-0.15, -0.1) is 24.0 Å². The van der Waals surface area contributed by atoms with Crippen molar-refractivity contribution in [2.24, 2.45) is 4.99 Å². The van der Waals surface area contributed by atoms with Gasteiger partial charge in [-0.1, -0.05) is 24.3 Å². The van der Waals surface area contributed by atoms with Crippen LogP contribution in [0, 0.1) is 0 Å². The number of morpholine rings is 1. The SMILES string of the molecule is CCNC(=NCC1Cc2ccccc21)NCCCN1CCOCC1.I. The van der Waals surface area contributed by atoms with Crippen LogP contribution in [0.3, 0.4) is 0 Å². The second-order valence-corrected chi connectivity index (χ2v) is 6.55. The van der Waals surface area contributed by atoms with Crippen LogP contribution in [0.15, 0.2) is 29.3 Å². The average molecular weight is 458 g/mol. The summed E-state index contributed by atoms with van der Waals surface area (Å²) in [5.74, 6) is 1.54. The summed E-state index contributed by atoms with van der Waals surface area (Å²) in [5, 5.41) is 6.82. The van der Waals surface area contributed by atoms with Crippen LogP contribution in [-0.2, 0) is 11.2 Å². The molecule has 0 amide bonds. The third-order valence-corrected chi connectivity index (χ3v) is 4.82. The summed E-state index contributed by atoms with van der Waals surface area (Å²) in [5.41, 5.74) is 2.96. The molecule has 1 heterocycles. The average Bonchev–Trinajstić information content (AvgIpc) is 2.60. The molecular weight excluding hydrogens is 427 g/mol. The topological polar surface area (TPSA) is 48.9 Å². The standard InChI is InChI=1S/C19H30N4O.HI/c1-2-20-19(21-8-5-9-23-10-12-24-13-11-23)22-15-17-14-16-6-3-4-7-18(16)17;/h3-4,6-7,17H,2,5,8-15H2,1H3,(H2,20,21,22);1H. The number of rotatable bonds is 7. The lowest BCUT2D eigenvalue weighted by Crippen LogP contribution is -2.41. The Morgan fingerprint density at radius 1 is 1.24 bits per heavy atom. The highest BCUT2D eigenvalue weighted by Crippen LogP contribution is 2.34. The van der Waals surface area contributed by atoms with Crippen molar-refractivity contribution in [3.05, 3.63) is 35.4 Å². The quantitative estimate of drug-likeness (QED) is 0.285.